The van der Waals surface area contributed by atoms with Crippen molar-refractivity contribution in [2.24, 2.45) is 0 Å². The van der Waals surface area contributed by atoms with Crippen LogP contribution < -0.4 is 5.32 Å². The lowest BCUT2D eigenvalue weighted by molar-refractivity contribution is -0.127. The van der Waals surface area contributed by atoms with Crippen LogP contribution in [0.2, 0.25) is 0 Å². The van der Waals surface area contributed by atoms with E-state index in [1.54, 1.807) is 24.9 Å². The van der Waals surface area contributed by atoms with Gasteiger partial charge in [0.05, 0.1) is 5.69 Å². The Labute approximate surface area is 105 Å². The normalized spacial score (nSPS) is 19.1. The molecule has 1 aromatic rings. The number of aryl methyl sites for hydroxylation is 1. The van der Waals surface area contributed by atoms with Crippen LogP contribution in [0.5, 0.6) is 0 Å². The summed E-state index contributed by atoms with van der Waals surface area (Å²) in [5.74, 6) is -1.07. The average molecular weight is 249 g/mol. The van der Waals surface area contributed by atoms with Gasteiger partial charge in [0.1, 0.15) is 11.6 Å². The maximum absolute atomic E-state index is 11.8. The van der Waals surface area contributed by atoms with E-state index in [9.17, 15) is 9.59 Å². The Morgan fingerprint density at radius 1 is 1.61 bits per heavy atom. The molecule has 0 bridgehead atoms. The van der Waals surface area contributed by atoms with Crippen LogP contribution in [0.25, 0.3) is 0 Å². The van der Waals surface area contributed by atoms with E-state index in [-0.39, 0.29) is 17.5 Å². The molecule has 0 saturated carbocycles. The van der Waals surface area contributed by atoms with Crippen molar-refractivity contribution in [3.63, 3.8) is 0 Å². The molecule has 1 atom stereocenters. The zero-order valence-electron chi connectivity index (χ0n) is 10.3. The summed E-state index contributed by atoms with van der Waals surface area (Å²) in [6, 6.07) is 1.30. The van der Waals surface area contributed by atoms with Crippen molar-refractivity contribution in [1.82, 2.24) is 9.88 Å². The molecule has 2 N–H and O–H groups in total. The molecular weight excluding hydrogens is 234 g/mol. The summed E-state index contributed by atoms with van der Waals surface area (Å²) < 4.78 is 0. The standard InChI is InChI=1S/C12H15N3O3/c1-7-5-10(8(6-13-7)12(17)18)14-9-3-4-15(2)11(9)16/h5-6,9H,3-4H2,1-2H3,(H,13,14)(H,17,18). The fraction of sp³-hybridized carbons (Fsp3) is 0.417. The van der Waals surface area contributed by atoms with E-state index in [4.69, 9.17) is 5.11 Å². The summed E-state index contributed by atoms with van der Waals surface area (Å²) in [5.41, 5.74) is 1.24. The lowest BCUT2D eigenvalue weighted by atomic mass is 10.1. The van der Waals surface area contributed by atoms with Crippen molar-refractivity contribution in [2.45, 2.75) is 19.4 Å². The monoisotopic (exact) mass is 249 g/mol. The fourth-order valence-corrected chi connectivity index (χ4v) is 1.99. The first-order valence-electron chi connectivity index (χ1n) is 5.70. The first-order chi connectivity index (χ1) is 8.49. The number of rotatable bonds is 3. The Balaban J connectivity index is 2.25. The van der Waals surface area contributed by atoms with Crippen molar-refractivity contribution in [3.8, 4) is 0 Å². The van der Waals surface area contributed by atoms with E-state index < -0.39 is 5.97 Å². The molecule has 0 spiro atoms. The van der Waals surface area contributed by atoms with Gasteiger partial charge in [0, 0.05) is 25.5 Å². The summed E-state index contributed by atoms with van der Waals surface area (Å²) in [6.45, 7) is 2.46. The number of carboxylic acid groups (broad SMARTS) is 1. The Morgan fingerprint density at radius 2 is 2.33 bits per heavy atom. The van der Waals surface area contributed by atoms with Crippen LogP contribution in [0.15, 0.2) is 12.3 Å². The van der Waals surface area contributed by atoms with Gasteiger partial charge in [0.25, 0.3) is 0 Å². The summed E-state index contributed by atoms with van der Waals surface area (Å²) in [5, 5.41) is 12.1. The lowest BCUT2D eigenvalue weighted by Crippen LogP contribution is -2.31. The Hall–Kier alpha value is -2.11. The van der Waals surface area contributed by atoms with Crippen molar-refractivity contribution in [1.29, 1.82) is 0 Å². The number of likely N-dealkylation sites (N-methyl/N-ethyl adjacent to an activating group) is 1. The molecule has 1 fully saturated rings. The predicted octanol–water partition coefficient (Wildman–Crippen LogP) is 0.731. The quantitative estimate of drug-likeness (QED) is 0.825. The number of anilines is 1. The number of likely N-dealkylation sites (tertiary alicyclic amines) is 1. The van der Waals surface area contributed by atoms with Gasteiger partial charge in [-0.05, 0) is 19.4 Å². The van der Waals surface area contributed by atoms with Gasteiger partial charge in [-0.15, -0.1) is 0 Å². The van der Waals surface area contributed by atoms with Gasteiger partial charge in [-0.1, -0.05) is 0 Å². The van der Waals surface area contributed by atoms with Crippen LogP contribution in [0, 0.1) is 6.92 Å². The third-order valence-corrected chi connectivity index (χ3v) is 3.03. The molecular formula is C12H15N3O3. The van der Waals surface area contributed by atoms with E-state index in [0.717, 1.165) is 0 Å². The van der Waals surface area contributed by atoms with Crippen molar-refractivity contribution >= 4 is 17.6 Å². The second kappa shape index (κ2) is 4.64. The molecule has 1 aliphatic rings. The molecule has 0 aromatic carbocycles. The number of hydrogen-bond donors (Lipinski definition) is 2. The molecule has 6 heteroatoms. The van der Waals surface area contributed by atoms with Gasteiger partial charge in [-0.2, -0.15) is 0 Å². The minimum atomic E-state index is -1.05. The molecule has 1 unspecified atom stereocenters. The summed E-state index contributed by atoms with van der Waals surface area (Å²) in [4.78, 5) is 28.4. The molecule has 1 saturated heterocycles. The third-order valence-electron chi connectivity index (χ3n) is 3.03. The maximum Gasteiger partial charge on any atom is 0.339 e. The third kappa shape index (κ3) is 2.27. The van der Waals surface area contributed by atoms with Crippen LogP contribution in [-0.2, 0) is 4.79 Å². The molecule has 6 nitrogen and oxygen atoms in total. The van der Waals surface area contributed by atoms with E-state index >= 15 is 0 Å². The Kier molecular flexibility index (Phi) is 3.18. The molecule has 2 heterocycles. The Morgan fingerprint density at radius 3 is 2.89 bits per heavy atom. The summed E-state index contributed by atoms with van der Waals surface area (Å²) >= 11 is 0. The van der Waals surface area contributed by atoms with Crippen LogP contribution in [-0.4, -0.2) is 46.5 Å². The number of pyridine rings is 1. The SMILES string of the molecule is Cc1cc(NC2CCN(C)C2=O)c(C(=O)O)cn1. The number of aromatic nitrogens is 1. The number of nitrogens with one attached hydrogen (secondary N) is 1. The number of carbonyl (C=O) groups excluding carboxylic acids is 1. The van der Waals surface area contributed by atoms with Gasteiger partial charge in [0.2, 0.25) is 5.91 Å². The van der Waals surface area contributed by atoms with Gasteiger partial charge in [0.15, 0.2) is 0 Å². The first kappa shape index (κ1) is 12.3. The number of nitrogens with zero attached hydrogens (tertiary/aromatic N) is 2. The second-order valence-electron chi connectivity index (χ2n) is 4.42. The summed E-state index contributed by atoms with van der Waals surface area (Å²) in [7, 11) is 1.74. The number of carboxylic acids is 1. The van der Waals surface area contributed by atoms with Gasteiger partial charge >= 0.3 is 5.97 Å². The zero-order valence-corrected chi connectivity index (χ0v) is 10.3. The lowest BCUT2D eigenvalue weighted by Gasteiger charge is -2.15. The smallest absolute Gasteiger partial charge is 0.339 e. The van der Waals surface area contributed by atoms with Gasteiger partial charge in [-0.3, -0.25) is 9.78 Å². The second-order valence-corrected chi connectivity index (χ2v) is 4.42. The van der Waals surface area contributed by atoms with Crippen LogP contribution in [0.1, 0.15) is 22.5 Å². The van der Waals surface area contributed by atoms with Crippen molar-refractivity contribution in [2.75, 3.05) is 18.9 Å². The number of amides is 1. The predicted molar refractivity (Wildman–Crippen MR) is 65.6 cm³/mol. The molecule has 18 heavy (non-hydrogen) atoms. The minimum Gasteiger partial charge on any atom is -0.478 e. The molecule has 96 valence electrons. The maximum atomic E-state index is 11.8. The average Bonchev–Trinajstić information content (AvgIpc) is 2.61. The molecule has 1 aliphatic heterocycles. The number of carbonyl (C=O) groups is 2. The highest BCUT2D eigenvalue weighted by molar-refractivity contribution is 5.95. The number of aromatic carboxylic acids is 1. The van der Waals surface area contributed by atoms with E-state index in [1.807, 2.05) is 0 Å². The molecule has 0 aliphatic carbocycles. The fourth-order valence-electron chi connectivity index (χ4n) is 1.99. The highest BCUT2D eigenvalue weighted by atomic mass is 16.4. The Bertz CT molecular complexity index is 501. The highest BCUT2D eigenvalue weighted by Gasteiger charge is 2.29. The van der Waals surface area contributed by atoms with Crippen molar-refractivity contribution < 1.29 is 14.7 Å². The van der Waals surface area contributed by atoms with Crippen molar-refractivity contribution in [3.05, 3.63) is 23.5 Å². The van der Waals surface area contributed by atoms with Gasteiger partial charge < -0.3 is 15.3 Å². The van der Waals surface area contributed by atoms with Crippen LogP contribution in [0.4, 0.5) is 5.69 Å². The topological polar surface area (TPSA) is 82.5 Å². The van der Waals surface area contributed by atoms with E-state index in [1.165, 1.54) is 6.20 Å². The van der Waals surface area contributed by atoms with Crippen LogP contribution in [0.3, 0.4) is 0 Å². The zero-order chi connectivity index (χ0) is 13.3. The highest BCUT2D eigenvalue weighted by Crippen LogP contribution is 2.20. The number of hydrogen-bond acceptors (Lipinski definition) is 4. The van der Waals surface area contributed by atoms with E-state index in [2.05, 4.69) is 10.3 Å². The molecule has 2 rings (SSSR count). The largest absolute Gasteiger partial charge is 0.478 e. The van der Waals surface area contributed by atoms with Crippen LogP contribution >= 0.6 is 0 Å². The van der Waals surface area contributed by atoms with E-state index in [0.29, 0.717) is 24.3 Å². The van der Waals surface area contributed by atoms with Gasteiger partial charge in [-0.25, -0.2) is 4.79 Å². The summed E-state index contributed by atoms with van der Waals surface area (Å²) in [6.07, 6.45) is 1.99. The first-order valence-corrected chi connectivity index (χ1v) is 5.70. The minimum absolute atomic E-state index is 0.0131. The molecule has 0 radical (unpaired) electrons. The molecule has 1 amide bonds. The molecule has 1 aromatic heterocycles.